The van der Waals surface area contributed by atoms with E-state index >= 15 is 0 Å². The molecule has 0 aliphatic carbocycles. The first-order valence-electron chi connectivity index (χ1n) is 6.42. The number of benzene rings is 1. The maximum atomic E-state index is 13.5. The summed E-state index contributed by atoms with van der Waals surface area (Å²) in [4.78, 5) is 2.37. The number of piperidine rings is 1. The third-order valence-corrected chi connectivity index (χ3v) is 3.62. The van der Waals surface area contributed by atoms with Crippen LogP contribution in [0, 0.1) is 5.82 Å². The van der Waals surface area contributed by atoms with Crippen molar-refractivity contribution in [3.63, 3.8) is 0 Å². The van der Waals surface area contributed by atoms with Crippen LogP contribution >= 0.6 is 0 Å². The molecule has 0 amide bonds. The molecular weight excluding hydrogens is 215 g/mol. The van der Waals surface area contributed by atoms with E-state index in [-0.39, 0.29) is 5.82 Å². The molecule has 0 atom stereocenters. The fourth-order valence-corrected chi connectivity index (χ4v) is 2.43. The van der Waals surface area contributed by atoms with Crippen molar-refractivity contribution >= 4 is 0 Å². The zero-order chi connectivity index (χ0) is 12.1. The van der Waals surface area contributed by atoms with Crippen LogP contribution in [0.25, 0.3) is 0 Å². The summed E-state index contributed by atoms with van der Waals surface area (Å²) < 4.78 is 13.5. The largest absolute Gasteiger partial charge is 0.317 e. The van der Waals surface area contributed by atoms with Gasteiger partial charge in [-0.2, -0.15) is 0 Å². The molecule has 0 radical (unpaired) electrons. The zero-order valence-electron chi connectivity index (χ0n) is 10.5. The van der Waals surface area contributed by atoms with Crippen LogP contribution in [0.4, 0.5) is 4.39 Å². The quantitative estimate of drug-likeness (QED) is 0.860. The predicted octanol–water partition coefficient (Wildman–Crippen LogP) is 2.05. The second kappa shape index (κ2) is 6.12. The van der Waals surface area contributed by atoms with Crippen molar-refractivity contribution in [3.05, 3.63) is 35.6 Å². The van der Waals surface area contributed by atoms with Gasteiger partial charge in [-0.1, -0.05) is 18.2 Å². The lowest BCUT2D eigenvalue weighted by molar-refractivity contribution is 0.200. The Morgan fingerprint density at radius 2 is 2.00 bits per heavy atom. The van der Waals surface area contributed by atoms with E-state index in [4.69, 9.17) is 0 Å². The summed E-state index contributed by atoms with van der Waals surface area (Å²) in [5.74, 6) is -0.0776. The zero-order valence-corrected chi connectivity index (χ0v) is 10.5. The van der Waals surface area contributed by atoms with E-state index in [9.17, 15) is 4.39 Å². The summed E-state index contributed by atoms with van der Waals surface area (Å²) in [7, 11) is 2.15. The molecule has 0 saturated carbocycles. The van der Waals surface area contributed by atoms with Crippen LogP contribution in [0.3, 0.4) is 0 Å². The molecule has 0 spiro atoms. The van der Waals surface area contributed by atoms with Gasteiger partial charge in [-0.25, -0.2) is 4.39 Å². The van der Waals surface area contributed by atoms with Crippen LogP contribution < -0.4 is 5.32 Å². The summed E-state index contributed by atoms with van der Waals surface area (Å²) in [5, 5.41) is 3.37. The molecule has 17 heavy (non-hydrogen) atoms. The number of halogens is 1. The highest BCUT2D eigenvalue weighted by Crippen LogP contribution is 2.12. The molecule has 0 bridgehead atoms. The molecule has 1 saturated heterocycles. The monoisotopic (exact) mass is 236 g/mol. The highest BCUT2D eigenvalue weighted by Gasteiger charge is 2.17. The van der Waals surface area contributed by atoms with Gasteiger partial charge in [-0.3, -0.25) is 0 Å². The standard InChI is InChI=1S/C14H21FN2/c1-17(13-6-9-16-10-7-13)11-8-12-4-2-3-5-14(12)15/h2-5,13,16H,6-11H2,1H3. The third-order valence-electron chi connectivity index (χ3n) is 3.62. The second-order valence-electron chi connectivity index (χ2n) is 4.80. The summed E-state index contributed by atoms with van der Waals surface area (Å²) in [6.07, 6.45) is 3.20. The number of rotatable bonds is 4. The van der Waals surface area contributed by atoms with Crippen LogP contribution in [-0.2, 0) is 6.42 Å². The fourth-order valence-electron chi connectivity index (χ4n) is 2.43. The van der Waals surface area contributed by atoms with Crippen molar-refractivity contribution in [2.75, 3.05) is 26.7 Å². The Balaban J connectivity index is 1.83. The number of nitrogens with zero attached hydrogens (tertiary/aromatic N) is 1. The van der Waals surface area contributed by atoms with Crippen molar-refractivity contribution in [1.29, 1.82) is 0 Å². The smallest absolute Gasteiger partial charge is 0.126 e. The van der Waals surface area contributed by atoms with Gasteiger partial charge in [0.15, 0.2) is 0 Å². The minimum absolute atomic E-state index is 0.0776. The van der Waals surface area contributed by atoms with Gasteiger partial charge >= 0.3 is 0 Å². The van der Waals surface area contributed by atoms with E-state index in [0.717, 1.165) is 31.6 Å². The van der Waals surface area contributed by atoms with Gasteiger partial charge in [0, 0.05) is 12.6 Å². The highest BCUT2D eigenvalue weighted by molar-refractivity contribution is 5.17. The molecule has 2 nitrogen and oxygen atoms in total. The van der Waals surface area contributed by atoms with E-state index in [0.29, 0.717) is 6.04 Å². The van der Waals surface area contributed by atoms with Gasteiger partial charge in [-0.05, 0) is 51.0 Å². The maximum absolute atomic E-state index is 13.5. The number of hydrogen-bond acceptors (Lipinski definition) is 2. The van der Waals surface area contributed by atoms with E-state index < -0.39 is 0 Å². The van der Waals surface area contributed by atoms with E-state index in [1.165, 1.54) is 12.8 Å². The van der Waals surface area contributed by atoms with Gasteiger partial charge < -0.3 is 10.2 Å². The van der Waals surface area contributed by atoms with Crippen molar-refractivity contribution in [2.45, 2.75) is 25.3 Å². The Bertz CT molecular complexity index is 348. The average Bonchev–Trinajstić information content (AvgIpc) is 2.38. The molecule has 1 N–H and O–H groups in total. The Labute approximate surface area is 103 Å². The Hall–Kier alpha value is -0.930. The van der Waals surface area contributed by atoms with Crippen molar-refractivity contribution in [3.8, 4) is 0 Å². The molecular formula is C14H21FN2. The summed E-state index contributed by atoms with van der Waals surface area (Å²) in [6, 6.07) is 7.73. The number of likely N-dealkylation sites (N-methyl/N-ethyl adjacent to an activating group) is 1. The average molecular weight is 236 g/mol. The molecule has 0 unspecified atom stereocenters. The maximum Gasteiger partial charge on any atom is 0.126 e. The molecule has 1 aliphatic heterocycles. The van der Waals surface area contributed by atoms with Crippen molar-refractivity contribution < 1.29 is 4.39 Å². The Morgan fingerprint density at radius 3 is 2.71 bits per heavy atom. The van der Waals surface area contributed by atoms with Crippen molar-refractivity contribution in [1.82, 2.24) is 10.2 Å². The van der Waals surface area contributed by atoms with E-state index in [2.05, 4.69) is 17.3 Å². The normalized spacial score (nSPS) is 17.6. The summed E-state index contributed by atoms with van der Waals surface area (Å²) >= 11 is 0. The highest BCUT2D eigenvalue weighted by atomic mass is 19.1. The SMILES string of the molecule is CN(CCc1ccccc1F)C1CCNCC1. The lowest BCUT2D eigenvalue weighted by atomic mass is 10.0. The second-order valence-corrected chi connectivity index (χ2v) is 4.80. The minimum Gasteiger partial charge on any atom is -0.317 e. The van der Waals surface area contributed by atoms with E-state index in [1.807, 2.05) is 12.1 Å². The molecule has 1 aromatic carbocycles. The first-order chi connectivity index (χ1) is 8.27. The minimum atomic E-state index is -0.0776. The first-order valence-corrected chi connectivity index (χ1v) is 6.42. The molecule has 94 valence electrons. The van der Waals surface area contributed by atoms with Crippen LogP contribution in [0.2, 0.25) is 0 Å². The Kier molecular flexibility index (Phi) is 4.51. The van der Waals surface area contributed by atoms with Crippen LogP contribution in [0.5, 0.6) is 0 Å². The molecule has 1 heterocycles. The molecule has 1 aromatic rings. The lowest BCUT2D eigenvalue weighted by Crippen LogP contribution is -2.41. The molecule has 1 aliphatic rings. The third kappa shape index (κ3) is 3.51. The van der Waals surface area contributed by atoms with Gasteiger partial charge in [-0.15, -0.1) is 0 Å². The molecule has 1 fully saturated rings. The van der Waals surface area contributed by atoms with Crippen molar-refractivity contribution in [2.24, 2.45) is 0 Å². The van der Waals surface area contributed by atoms with Gasteiger partial charge in [0.05, 0.1) is 0 Å². The molecule has 3 heteroatoms. The first kappa shape index (κ1) is 12.5. The summed E-state index contributed by atoms with van der Waals surface area (Å²) in [5.41, 5.74) is 0.827. The van der Waals surface area contributed by atoms with Crippen LogP contribution in [0.15, 0.2) is 24.3 Å². The summed E-state index contributed by atoms with van der Waals surface area (Å²) in [6.45, 7) is 3.15. The van der Waals surface area contributed by atoms with Gasteiger partial charge in [0.25, 0.3) is 0 Å². The fraction of sp³-hybridized carbons (Fsp3) is 0.571. The van der Waals surface area contributed by atoms with Gasteiger partial charge in [0.1, 0.15) is 5.82 Å². The molecule has 0 aromatic heterocycles. The predicted molar refractivity (Wildman–Crippen MR) is 68.6 cm³/mol. The van der Waals surface area contributed by atoms with Crippen LogP contribution in [0.1, 0.15) is 18.4 Å². The number of hydrogen-bond donors (Lipinski definition) is 1. The van der Waals surface area contributed by atoms with E-state index in [1.54, 1.807) is 12.1 Å². The topological polar surface area (TPSA) is 15.3 Å². The van der Waals surface area contributed by atoms with Gasteiger partial charge in [0.2, 0.25) is 0 Å². The lowest BCUT2D eigenvalue weighted by Gasteiger charge is -2.31. The number of nitrogens with one attached hydrogen (secondary N) is 1. The Morgan fingerprint density at radius 1 is 1.29 bits per heavy atom. The van der Waals surface area contributed by atoms with Crippen LogP contribution in [-0.4, -0.2) is 37.6 Å². The molecule has 2 rings (SSSR count).